The van der Waals surface area contributed by atoms with Crippen LogP contribution in [0.15, 0.2) is 29.2 Å². The fourth-order valence-electron chi connectivity index (χ4n) is 1.56. The number of nitrogens with zero attached hydrogens (tertiary/aromatic N) is 2. The van der Waals surface area contributed by atoms with Gasteiger partial charge in [0.2, 0.25) is 10.0 Å². The number of non-ortho nitro benzene ring substituents is 1. The van der Waals surface area contributed by atoms with Crippen LogP contribution in [0.2, 0.25) is 0 Å². The monoisotopic (exact) mass is 272 g/mol. The third-order valence-electron chi connectivity index (χ3n) is 2.54. The molecule has 2 unspecified atom stereocenters. The number of hydrogen-bond donors (Lipinski definition) is 0. The largest absolute Gasteiger partial charge is 0.361 e. The fraction of sp³-hybridized carbons (Fsp3) is 0.400. The summed E-state index contributed by atoms with van der Waals surface area (Å²) in [5, 5.41) is 10.5. The first-order valence-electron chi connectivity index (χ1n) is 5.34. The molecule has 2 atom stereocenters. The van der Waals surface area contributed by atoms with E-state index < -0.39 is 21.2 Å². The van der Waals surface area contributed by atoms with Crippen molar-refractivity contribution in [3.8, 4) is 0 Å². The van der Waals surface area contributed by atoms with Crippen LogP contribution in [0.4, 0.5) is 5.69 Å². The van der Waals surface area contributed by atoms with Gasteiger partial charge in [0.25, 0.3) is 5.69 Å². The first kappa shape index (κ1) is 12.9. The molecule has 18 heavy (non-hydrogen) atoms. The summed E-state index contributed by atoms with van der Waals surface area (Å²) in [5.74, 6) is 0. The summed E-state index contributed by atoms with van der Waals surface area (Å²) in [6.45, 7) is 2.55. The van der Waals surface area contributed by atoms with E-state index >= 15 is 0 Å². The zero-order valence-corrected chi connectivity index (χ0v) is 10.5. The van der Waals surface area contributed by atoms with Gasteiger partial charge in [-0.1, -0.05) is 0 Å². The van der Waals surface area contributed by atoms with Crippen LogP contribution < -0.4 is 0 Å². The summed E-state index contributed by atoms with van der Waals surface area (Å²) in [6, 6.07) is 4.81. The predicted octanol–water partition coefficient (Wildman–Crippen LogP) is 0.962. The maximum atomic E-state index is 12.0. The van der Waals surface area contributed by atoms with Crippen molar-refractivity contribution in [1.29, 1.82) is 0 Å². The first-order chi connectivity index (χ1) is 8.46. The van der Waals surface area contributed by atoms with Gasteiger partial charge in [-0.25, -0.2) is 8.42 Å². The van der Waals surface area contributed by atoms with Gasteiger partial charge in [0.15, 0.2) is 0 Å². The summed E-state index contributed by atoms with van der Waals surface area (Å²) < 4.78 is 30.5. The number of benzene rings is 1. The third-order valence-corrected chi connectivity index (χ3v) is 4.41. The second kappa shape index (κ2) is 4.63. The van der Waals surface area contributed by atoms with E-state index in [0.717, 1.165) is 0 Å². The zero-order valence-electron chi connectivity index (χ0n) is 9.64. The molecule has 98 valence electrons. The summed E-state index contributed by atoms with van der Waals surface area (Å²) >= 11 is 0. The molecule has 1 fully saturated rings. The minimum absolute atomic E-state index is 0.0373. The number of ether oxygens (including phenoxy) is 1. The van der Waals surface area contributed by atoms with Crippen LogP contribution in [-0.2, 0) is 14.8 Å². The molecular formula is C10H12N2O5S. The maximum Gasteiger partial charge on any atom is 0.269 e. The van der Waals surface area contributed by atoms with Gasteiger partial charge in [-0.3, -0.25) is 10.1 Å². The van der Waals surface area contributed by atoms with Crippen molar-refractivity contribution in [2.75, 3.05) is 13.2 Å². The fourth-order valence-corrected chi connectivity index (χ4v) is 3.01. The van der Waals surface area contributed by atoms with Crippen molar-refractivity contribution in [2.24, 2.45) is 0 Å². The van der Waals surface area contributed by atoms with E-state index in [4.69, 9.17) is 4.74 Å². The Hall–Kier alpha value is -1.51. The minimum Gasteiger partial charge on any atom is -0.361 e. The SMILES string of the molecule is CCOC1CN1S(=O)(=O)c1ccc([N+](=O)[O-])cc1. The van der Waals surface area contributed by atoms with E-state index in [2.05, 4.69) is 0 Å². The Morgan fingerprint density at radius 1 is 1.44 bits per heavy atom. The molecule has 8 heteroatoms. The van der Waals surface area contributed by atoms with E-state index in [9.17, 15) is 18.5 Å². The van der Waals surface area contributed by atoms with Crippen LogP contribution in [0.5, 0.6) is 0 Å². The molecule has 1 aromatic rings. The molecule has 7 nitrogen and oxygen atoms in total. The quantitative estimate of drug-likeness (QED) is 0.452. The highest BCUT2D eigenvalue weighted by molar-refractivity contribution is 7.89. The lowest BCUT2D eigenvalue weighted by Crippen LogP contribution is -2.16. The summed E-state index contributed by atoms with van der Waals surface area (Å²) in [7, 11) is -3.59. The molecule has 0 aliphatic carbocycles. The highest BCUT2D eigenvalue weighted by Gasteiger charge is 2.45. The molecule has 1 heterocycles. The van der Waals surface area contributed by atoms with E-state index in [1.165, 1.54) is 28.6 Å². The molecular weight excluding hydrogens is 260 g/mol. The molecule has 0 saturated carbocycles. The molecule has 1 aliphatic heterocycles. The molecule has 2 rings (SSSR count). The summed E-state index contributed by atoms with van der Waals surface area (Å²) in [5.41, 5.74) is -0.138. The molecule has 0 N–H and O–H groups in total. The second-order valence-corrected chi connectivity index (χ2v) is 5.63. The van der Waals surface area contributed by atoms with Crippen LogP contribution in [0.3, 0.4) is 0 Å². The molecule has 0 radical (unpaired) electrons. The standard InChI is InChI=1S/C10H12N2O5S/c1-2-17-10-7-11(10)18(15,16)9-5-3-8(4-6-9)12(13)14/h3-6,10H,2,7H2,1H3. The molecule has 0 amide bonds. The van der Waals surface area contributed by atoms with E-state index in [1.54, 1.807) is 6.92 Å². The van der Waals surface area contributed by atoms with Crippen molar-refractivity contribution in [3.63, 3.8) is 0 Å². The number of hydrogen-bond acceptors (Lipinski definition) is 5. The van der Waals surface area contributed by atoms with E-state index in [1.807, 2.05) is 0 Å². The van der Waals surface area contributed by atoms with Crippen molar-refractivity contribution >= 4 is 15.7 Å². The van der Waals surface area contributed by atoms with Crippen molar-refractivity contribution in [2.45, 2.75) is 18.0 Å². The number of sulfonamides is 1. The normalized spacial score (nSPS) is 22.7. The van der Waals surface area contributed by atoms with E-state index in [0.29, 0.717) is 13.2 Å². The highest BCUT2D eigenvalue weighted by atomic mass is 32.2. The summed E-state index contributed by atoms with van der Waals surface area (Å²) in [4.78, 5) is 9.94. The predicted molar refractivity (Wildman–Crippen MR) is 62.4 cm³/mol. The first-order valence-corrected chi connectivity index (χ1v) is 6.78. The Bertz CT molecular complexity index is 554. The highest BCUT2D eigenvalue weighted by Crippen LogP contribution is 2.29. The number of nitro groups is 1. The molecule has 1 aromatic carbocycles. The van der Waals surface area contributed by atoms with Gasteiger partial charge >= 0.3 is 0 Å². The topological polar surface area (TPSA) is 89.5 Å². The smallest absolute Gasteiger partial charge is 0.269 e. The number of rotatable bonds is 5. The second-order valence-electron chi connectivity index (χ2n) is 3.74. The van der Waals surface area contributed by atoms with E-state index in [-0.39, 0.29) is 10.6 Å². The van der Waals surface area contributed by atoms with Crippen LogP contribution >= 0.6 is 0 Å². The van der Waals surface area contributed by atoms with Crippen molar-refractivity contribution in [1.82, 2.24) is 4.31 Å². The Morgan fingerprint density at radius 3 is 2.56 bits per heavy atom. The molecule has 0 spiro atoms. The lowest BCUT2D eigenvalue weighted by molar-refractivity contribution is -0.384. The van der Waals surface area contributed by atoms with Gasteiger partial charge in [0.1, 0.15) is 6.23 Å². The minimum atomic E-state index is -3.59. The van der Waals surface area contributed by atoms with Gasteiger partial charge in [-0.2, -0.15) is 4.31 Å². The van der Waals surface area contributed by atoms with Gasteiger partial charge < -0.3 is 4.74 Å². The average molecular weight is 272 g/mol. The molecule has 1 saturated heterocycles. The average Bonchev–Trinajstić information content (AvgIpc) is 3.10. The lowest BCUT2D eigenvalue weighted by atomic mass is 10.3. The van der Waals surface area contributed by atoms with Crippen LogP contribution in [0, 0.1) is 10.1 Å². The maximum absolute atomic E-state index is 12.0. The van der Waals surface area contributed by atoms with Crippen LogP contribution in [-0.4, -0.2) is 37.0 Å². The van der Waals surface area contributed by atoms with Crippen molar-refractivity contribution < 1.29 is 18.1 Å². The van der Waals surface area contributed by atoms with Crippen LogP contribution in [0.1, 0.15) is 6.92 Å². The zero-order chi connectivity index (χ0) is 13.3. The lowest BCUT2D eigenvalue weighted by Gasteiger charge is -2.05. The Morgan fingerprint density at radius 2 is 2.06 bits per heavy atom. The molecule has 0 bridgehead atoms. The third kappa shape index (κ3) is 2.35. The Balaban J connectivity index is 2.19. The van der Waals surface area contributed by atoms with Gasteiger partial charge in [-0.05, 0) is 19.1 Å². The van der Waals surface area contributed by atoms with Gasteiger partial charge in [0, 0.05) is 18.7 Å². The van der Waals surface area contributed by atoms with Gasteiger partial charge in [0.05, 0.1) is 16.4 Å². The van der Waals surface area contributed by atoms with Crippen molar-refractivity contribution in [3.05, 3.63) is 34.4 Å². The van der Waals surface area contributed by atoms with Crippen LogP contribution in [0.25, 0.3) is 0 Å². The molecule has 1 aliphatic rings. The Kier molecular flexibility index (Phi) is 3.33. The van der Waals surface area contributed by atoms with Gasteiger partial charge in [-0.15, -0.1) is 0 Å². The Labute approximate surface area is 104 Å². The number of nitro benzene ring substituents is 1. The summed E-state index contributed by atoms with van der Waals surface area (Å²) in [6.07, 6.45) is -0.407. The molecule has 0 aromatic heterocycles.